The number of hydrogen-bond donors (Lipinski definition) is 1. The predicted molar refractivity (Wildman–Crippen MR) is 86.7 cm³/mol. The van der Waals surface area contributed by atoms with Crippen molar-refractivity contribution in [2.45, 2.75) is 51.1 Å². The Morgan fingerprint density at radius 2 is 2.10 bits per heavy atom. The molecule has 0 bridgehead atoms. The van der Waals surface area contributed by atoms with Gasteiger partial charge in [-0.2, -0.15) is 0 Å². The van der Waals surface area contributed by atoms with Crippen molar-refractivity contribution in [2.75, 3.05) is 53.0 Å². The van der Waals surface area contributed by atoms with Gasteiger partial charge in [-0.1, -0.05) is 0 Å². The summed E-state index contributed by atoms with van der Waals surface area (Å²) in [6, 6.07) is 1.47. The van der Waals surface area contributed by atoms with Gasteiger partial charge >= 0.3 is 0 Å². The molecule has 3 fully saturated rings. The van der Waals surface area contributed by atoms with Crippen LogP contribution in [-0.4, -0.2) is 74.9 Å². The molecule has 3 aliphatic rings. The monoisotopic (exact) mass is 295 g/mol. The van der Waals surface area contributed by atoms with Gasteiger partial charge in [0, 0.05) is 43.7 Å². The number of nitrogens with zero attached hydrogens (tertiary/aromatic N) is 2. The van der Waals surface area contributed by atoms with Crippen LogP contribution in [0.4, 0.5) is 0 Å². The molecule has 1 N–H and O–H groups in total. The number of rotatable bonds is 5. The topological polar surface area (TPSA) is 27.7 Å². The maximum absolute atomic E-state index is 5.89. The van der Waals surface area contributed by atoms with Gasteiger partial charge < -0.3 is 15.0 Å². The summed E-state index contributed by atoms with van der Waals surface area (Å²) in [5.74, 6) is 0. The molecule has 0 amide bonds. The summed E-state index contributed by atoms with van der Waals surface area (Å²) in [6.45, 7) is 10.4. The summed E-state index contributed by atoms with van der Waals surface area (Å²) in [5.41, 5.74) is 0.345. The first-order chi connectivity index (χ1) is 10.2. The average Bonchev–Trinajstić information content (AvgIpc) is 3.29. The van der Waals surface area contributed by atoms with E-state index < -0.39 is 0 Å². The van der Waals surface area contributed by atoms with Crippen LogP contribution in [0.1, 0.15) is 39.0 Å². The molecule has 3 rings (SSSR count). The van der Waals surface area contributed by atoms with E-state index >= 15 is 0 Å². The van der Waals surface area contributed by atoms with E-state index in [-0.39, 0.29) is 0 Å². The lowest BCUT2D eigenvalue weighted by atomic mass is 9.81. The first-order valence-electron chi connectivity index (χ1n) is 8.91. The molecule has 0 spiro atoms. The second kappa shape index (κ2) is 6.95. The minimum atomic E-state index is 0.345. The van der Waals surface area contributed by atoms with Gasteiger partial charge in [-0.05, 0) is 59.2 Å². The van der Waals surface area contributed by atoms with Crippen LogP contribution in [0.15, 0.2) is 0 Å². The van der Waals surface area contributed by atoms with Crippen molar-refractivity contribution in [2.24, 2.45) is 5.41 Å². The van der Waals surface area contributed by atoms with Crippen LogP contribution in [0.25, 0.3) is 0 Å². The quantitative estimate of drug-likeness (QED) is 0.833. The van der Waals surface area contributed by atoms with E-state index in [1.807, 2.05) is 0 Å². The van der Waals surface area contributed by atoms with Crippen LogP contribution in [-0.2, 0) is 4.74 Å². The fraction of sp³-hybridized carbons (Fsp3) is 1.00. The van der Waals surface area contributed by atoms with Crippen molar-refractivity contribution >= 4 is 0 Å². The highest BCUT2D eigenvalue weighted by atomic mass is 16.5. The largest absolute Gasteiger partial charge is 0.381 e. The summed E-state index contributed by atoms with van der Waals surface area (Å²) in [5, 5.41) is 3.78. The SMILES string of the molecule is CC1CN(C)CCCN1CC1(CNC2CC2)CCCOC1. The Morgan fingerprint density at radius 3 is 2.81 bits per heavy atom. The van der Waals surface area contributed by atoms with Crippen LogP contribution >= 0.6 is 0 Å². The van der Waals surface area contributed by atoms with Crippen molar-refractivity contribution in [1.82, 2.24) is 15.1 Å². The van der Waals surface area contributed by atoms with E-state index in [4.69, 9.17) is 4.74 Å². The summed E-state index contributed by atoms with van der Waals surface area (Å²) in [4.78, 5) is 5.21. The smallest absolute Gasteiger partial charge is 0.0546 e. The molecule has 1 saturated carbocycles. The molecule has 4 heteroatoms. The number of hydrogen-bond acceptors (Lipinski definition) is 4. The lowest BCUT2D eigenvalue weighted by molar-refractivity contribution is -0.0315. The predicted octanol–water partition coefficient (Wildman–Crippen LogP) is 1.56. The number of ether oxygens (including phenoxy) is 1. The Balaban J connectivity index is 1.61. The zero-order valence-corrected chi connectivity index (χ0v) is 13.9. The molecule has 2 heterocycles. The highest BCUT2D eigenvalue weighted by Gasteiger charge is 2.37. The van der Waals surface area contributed by atoms with Gasteiger partial charge in [0.25, 0.3) is 0 Å². The fourth-order valence-corrected chi connectivity index (χ4v) is 3.97. The zero-order valence-electron chi connectivity index (χ0n) is 13.9. The maximum atomic E-state index is 5.89. The van der Waals surface area contributed by atoms with Crippen LogP contribution < -0.4 is 5.32 Å². The van der Waals surface area contributed by atoms with Crippen molar-refractivity contribution in [1.29, 1.82) is 0 Å². The second-order valence-corrected chi connectivity index (χ2v) is 7.75. The van der Waals surface area contributed by atoms with Crippen LogP contribution in [0.2, 0.25) is 0 Å². The molecule has 21 heavy (non-hydrogen) atoms. The molecule has 0 aromatic heterocycles. The molecule has 122 valence electrons. The molecule has 0 radical (unpaired) electrons. The summed E-state index contributed by atoms with van der Waals surface area (Å²) in [6.07, 6.45) is 6.61. The fourth-order valence-electron chi connectivity index (χ4n) is 3.97. The minimum Gasteiger partial charge on any atom is -0.381 e. The third-order valence-corrected chi connectivity index (χ3v) is 5.47. The lowest BCUT2D eigenvalue weighted by Gasteiger charge is -2.42. The molecular formula is C17H33N3O. The molecular weight excluding hydrogens is 262 g/mol. The standard InChI is InChI=1S/C17H33N3O/c1-15-11-19(2)8-4-9-20(15)13-17(7-3-10-21-14-17)12-18-16-5-6-16/h15-16,18H,3-14H2,1-2H3. The van der Waals surface area contributed by atoms with E-state index in [0.717, 1.165) is 25.8 Å². The number of nitrogens with one attached hydrogen (secondary N) is 1. The Morgan fingerprint density at radius 1 is 1.24 bits per heavy atom. The maximum Gasteiger partial charge on any atom is 0.0546 e. The molecule has 2 saturated heterocycles. The normalized spacial score (nSPS) is 36.6. The zero-order chi connectivity index (χ0) is 14.7. The Bertz CT molecular complexity index is 326. The highest BCUT2D eigenvalue weighted by molar-refractivity contribution is 4.92. The van der Waals surface area contributed by atoms with Gasteiger partial charge in [0.15, 0.2) is 0 Å². The Hall–Kier alpha value is -0.160. The van der Waals surface area contributed by atoms with Crippen molar-refractivity contribution in [3.05, 3.63) is 0 Å². The van der Waals surface area contributed by atoms with E-state index in [2.05, 4.69) is 29.1 Å². The lowest BCUT2D eigenvalue weighted by Crippen LogP contribution is -2.52. The Kier molecular flexibility index (Phi) is 5.20. The second-order valence-electron chi connectivity index (χ2n) is 7.75. The van der Waals surface area contributed by atoms with E-state index in [1.165, 1.54) is 58.3 Å². The summed E-state index contributed by atoms with van der Waals surface area (Å²) >= 11 is 0. The van der Waals surface area contributed by atoms with Crippen LogP contribution in [0.3, 0.4) is 0 Å². The molecule has 0 aromatic carbocycles. The molecule has 2 unspecified atom stereocenters. The first-order valence-corrected chi connectivity index (χ1v) is 8.91. The van der Waals surface area contributed by atoms with Gasteiger partial charge in [0.2, 0.25) is 0 Å². The van der Waals surface area contributed by atoms with E-state index in [1.54, 1.807) is 0 Å². The molecule has 0 aromatic rings. The van der Waals surface area contributed by atoms with Gasteiger partial charge in [0.1, 0.15) is 0 Å². The highest BCUT2D eigenvalue weighted by Crippen LogP contribution is 2.32. The van der Waals surface area contributed by atoms with Gasteiger partial charge in [0.05, 0.1) is 6.61 Å². The number of likely N-dealkylation sites (N-methyl/N-ethyl adjacent to an activating group) is 1. The molecule has 1 aliphatic carbocycles. The molecule has 2 atom stereocenters. The minimum absolute atomic E-state index is 0.345. The third kappa shape index (κ3) is 4.41. The Labute approximate surface area is 130 Å². The van der Waals surface area contributed by atoms with Gasteiger partial charge in [-0.3, -0.25) is 4.90 Å². The summed E-state index contributed by atoms with van der Waals surface area (Å²) < 4.78 is 5.89. The van der Waals surface area contributed by atoms with Gasteiger partial charge in [-0.15, -0.1) is 0 Å². The van der Waals surface area contributed by atoms with Gasteiger partial charge in [-0.25, -0.2) is 0 Å². The van der Waals surface area contributed by atoms with Crippen molar-refractivity contribution < 1.29 is 4.74 Å². The average molecular weight is 295 g/mol. The third-order valence-electron chi connectivity index (χ3n) is 5.47. The van der Waals surface area contributed by atoms with Crippen molar-refractivity contribution in [3.8, 4) is 0 Å². The summed E-state index contributed by atoms with van der Waals surface area (Å²) in [7, 11) is 2.26. The van der Waals surface area contributed by atoms with E-state index in [9.17, 15) is 0 Å². The van der Waals surface area contributed by atoms with E-state index in [0.29, 0.717) is 11.5 Å². The first kappa shape index (κ1) is 15.7. The van der Waals surface area contributed by atoms with Crippen LogP contribution in [0.5, 0.6) is 0 Å². The molecule has 2 aliphatic heterocycles. The molecule has 4 nitrogen and oxygen atoms in total. The van der Waals surface area contributed by atoms with Crippen LogP contribution in [0, 0.1) is 5.41 Å². The van der Waals surface area contributed by atoms with Crippen molar-refractivity contribution in [3.63, 3.8) is 0 Å².